The molecule has 0 radical (unpaired) electrons. The molecule has 0 saturated heterocycles. The zero-order chi connectivity index (χ0) is 15.5. The van der Waals surface area contributed by atoms with Gasteiger partial charge in [0, 0.05) is 18.0 Å². The van der Waals surface area contributed by atoms with Gasteiger partial charge in [-0.05, 0) is 44.2 Å². The van der Waals surface area contributed by atoms with Gasteiger partial charge in [0.1, 0.15) is 11.4 Å². The minimum Gasteiger partial charge on any atom is -0.494 e. The lowest BCUT2D eigenvalue weighted by Gasteiger charge is -2.08. The lowest BCUT2D eigenvalue weighted by molar-refractivity contribution is 0.102. The van der Waals surface area contributed by atoms with E-state index in [0.29, 0.717) is 17.9 Å². The molecule has 0 saturated carbocycles. The Hall–Kier alpha value is -2.82. The molecule has 0 aliphatic heterocycles. The van der Waals surface area contributed by atoms with Gasteiger partial charge in [-0.25, -0.2) is 4.98 Å². The van der Waals surface area contributed by atoms with Crippen molar-refractivity contribution in [2.45, 2.75) is 13.8 Å². The highest BCUT2D eigenvalue weighted by molar-refractivity contribution is 6.04. The number of hydrogen-bond donors (Lipinski definition) is 1. The van der Waals surface area contributed by atoms with Crippen molar-refractivity contribution in [1.29, 1.82) is 0 Å². The number of nitrogens with one attached hydrogen (secondary N) is 1. The van der Waals surface area contributed by atoms with E-state index in [0.717, 1.165) is 17.0 Å². The molecule has 5 nitrogen and oxygen atoms in total. The molecule has 22 heavy (non-hydrogen) atoms. The second-order valence-electron chi connectivity index (χ2n) is 4.98. The average Bonchev–Trinajstić information content (AvgIpc) is 2.87. The Balaban J connectivity index is 1.81. The van der Waals surface area contributed by atoms with Crippen LogP contribution in [0.2, 0.25) is 0 Å². The molecule has 0 aliphatic carbocycles. The van der Waals surface area contributed by atoms with Crippen LogP contribution in [0.4, 0.5) is 5.69 Å². The van der Waals surface area contributed by atoms with Gasteiger partial charge in [0.25, 0.3) is 5.91 Å². The predicted octanol–water partition coefficient (Wildman–Crippen LogP) is 3.29. The second kappa shape index (κ2) is 5.89. The van der Waals surface area contributed by atoms with Crippen molar-refractivity contribution in [3.8, 4) is 5.75 Å². The number of imidazole rings is 1. The van der Waals surface area contributed by atoms with Crippen molar-refractivity contribution in [1.82, 2.24) is 9.38 Å². The van der Waals surface area contributed by atoms with Gasteiger partial charge in [0.05, 0.1) is 18.0 Å². The number of carbonyl (C=O) groups is 1. The molecular weight excluding hydrogens is 278 g/mol. The Labute approximate surface area is 128 Å². The highest BCUT2D eigenvalue weighted by Crippen LogP contribution is 2.16. The summed E-state index contributed by atoms with van der Waals surface area (Å²) in [5.74, 6) is 0.522. The third kappa shape index (κ3) is 2.93. The maximum absolute atomic E-state index is 12.3. The summed E-state index contributed by atoms with van der Waals surface area (Å²) in [5, 5.41) is 2.89. The Bertz CT molecular complexity index is 824. The number of hydrogen-bond acceptors (Lipinski definition) is 3. The predicted molar refractivity (Wildman–Crippen MR) is 85.5 cm³/mol. The third-order valence-corrected chi connectivity index (χ3v) is 3.24. The molecule has 1 N–H and O–H groups in total. The van der Waals surface area contributed by atoms with Crippen LogP contribution in [-0.2, 0) is 0 Å². The fraction of sp³-hybridized carbons (Fsp3) is 0.176. The number of ether oxygens (including phenoxy) is 1. The van der Waals surface area contributed by atoms with Crippen LogP contribution in [0.15, 0.2) is 48.8 Å². The quantitative estimate of drug-likeness (QED) is 0.803. The summed E-state index contributed by atoms with van der Waals surface area (Å²) in [6.45, 7) is 4.42. The van der Waals surface area contributed by atoms with E-state index < -0.39 is 0 Å². The normalized spacial score (nSPS) is 10.6. The van der Waals surface area contributed by atoms with E-state index in [1.54, 1.807) is 12.1 Å². The Morgan fingerprint density at radius 1 is 1.27 bits per heavy atom. The van der Waals surface area contributed by atoms with Crippen molar-refractivity contribution in [2.24, 2.45) is 0 Å². The van der Waals surface area contributed by atoms with Crippen LogP contribution >= 0.6 is 0 Å². The SMILES string of the molecule is CCOc1cccc(C(=O)Nc2ccc3nc(C)cn3c2)c1. The second-order valence-corrected chi connectivity index (χ2v) is 4.98. The van der Waals surface area contributed by atoms with Crippen LogP contribution in [-0.4, -0.2) is 21.9 Å². The number of aryl methyl sites for hydroxylation is 1. The van der Waals surface area contributed by atoms with Crippen molar-refractivity contribution in [2.75, 3.05) is 11.9 Å². The molecule has 1 amide bonds. The fourth-order valence-electron chi connectivity index (χ4n) is 2.29. The summed E-state index contributed by atoms with van der Waals surface area (Å²) < 4.78 is 7.31. The summed E-state index contributed by atoms with van der Waals surface area (Å²) in [4.78, 5) is 16.7. The summed E-state index contributed by atoms with van der Waals surface area (Å²) >= 11 is 0. The van der Waals surface area contributed by atoms with Crippen molar-refractivity contribution >= 4 is 17.2 Å². The van der Waals surface area contributed by atoms with Crippen LogP contribution in [0.5, 0.6) is 5.75 Å². The van der Waals surface area contributed by atoms with Gasteiger partial charge >= 0.3 is 0 Å². The summed E-state index contributed by atoms with van der Waals surface area (Å²) in [6, 6.07) is 10.9. The highest BCUT2D eigenvalue weighted by atomic mass is 16.5. The van der Waals surface area contributed by atoms with Gasteiger partial charge in [-0.3, -0.25) is 4.79 Å². The molecule has 0 bridgehead atoms. The lowest BCUT2D eigenvalue weighted by atomic mass is 10.2. The van der Waals surface area contributed by atoms with E-state index in [4.69, 9.17) is 4.74 Å². The topological polar surface area (TPSA) is 55.6 Å². The van der Waals surface area contributed by atoms with E-state index in [-0.39, 0.29) is 5.91 Å². The standard InChI is InChI=1S/C17H17N3O2/c1-3-22-15-6-4-5-13(9-15)17(21)19-14-7-8-16-18-12(2)10-20(16)11-14/h4-11H,3H2,1-2H3,(H,19,21). The van der Waals surface area contributed by atoms with Crippen LogP contribution in [0.3, 0.4) is 0 Å². The number of pyridine rings is 1. The molecule has 112 valence electrons. The first kappa shape index (κ1) is 14.1. The maximum Gasteiger partial charge on any atom is 0.255 e. The van der Waals surface area contributed by atoms with Gasteiger partial charge in [0.15, 0.2) is 0 Å². The zero-order valence-electron chi connectivity index (χ0n) is 12.5. The molecule has 0 spiro atoms. The number of fused-ring (bicyclic) bond motifs is 1. The molecule has 3 rings (SSSR count). The Morgan fingerprint density at radius 2 is 2.14 bits per heavy atom. The van der Waals surface area contributed by atoms with Crippen molar-refractivity contribution in [3.63, 3.8) is 0 Å². The summed E-state index contributed by atoms with van der Waals surface area (Å²) in [7, 11) is 0. The molecule has 1 aromatic carbocycles. The van der Waals surface area contributed by atoms with Crippen molar-refractivity contribution in [3.05, 3.63) is 60.0 Å². The van der Waals surface area contributed by atoms with Gasteiger partial charge < -0.3 is 14.5 Å². The van der Waals surface area contributed by atoms with E-state index in [9.17, 15) is 4.79 Å². The average molecular weight is 295 g/mol. The number of amides is 1. The number of benzene rings is 1. The Kier molecular flexibility index (Phi) is 3.78. The molecule has 3 aromatic rings. The fourth-order valence-corrected chi connectivity index (χ4v) is 2.29. The number of anilines is 1. The number of carbonyl (C=O) groups excluding carboxylic acids is 1. The number of aromatic nitrogens is 2. The van der Waals surface area contributed by atoms with E-state index in [1.165, 1.54) is 0 Å². The Morgan fingerprint density at radius 3 is 2.95 bits per heavy atom. The molecule has 2 heterocycles. The maximum atomic E-state index is 12.3. The first-order valence-corrected chi connectivity index (χ1v) is 7.15. The van der Waals surface area contributed by atoms with Crippen LogP contribution < -0.4 is 10.1 Å². The minimum atomic E-state index is -0.169. The first-order chi connectivity index (χ1) is 10.7. The molecule has 0 unspecified atom stereocenters. The lowest BCUT2D eigenvalue weighted by Crippen LogP contribution is -2.12. The van der Waals surface area contributed by atoms with E-state index in [1.807, 2.05) is 54.9 Å². The molecule has 0 atom stereocenters. The number of nitrogens with zero attached hydrogens (tertiary/aromatic N) is 2. The third-order valence-electron chi connectivity index (χ3n) is 3.24. The van der Waals surface area contributed by atoms with Gasteiger partial charge in [-0.2, -0.15) is 0 Å². The van der Waals surface area contributed by atoms with E-state index in [2.05, 4.69) is 10.3 Å². The zero-order valence-corrected chi connectivity index (χ0v) is 12.5. The summed E-state index contributed by atoms with van der Waals surface area (Å²) in [5.41, 5.74) is 3.08. The molecule has 0 aliphatic rings. The highest BCUT2D eigenvalue weighted by Gasteiger charge is 2.08. The van der Waals surface area contributed by atoms with Gasteiger partial charge in [-0.1, -0.05) is 6.07 Å². The molecule has 5 heteroatoms. The van der Waals surface area contributed by atoms with Gasteiger partial charge in [0.2, 0.25) is 0 Å². The molecule has 0 fully saturated rings. The van der Waals surface area contributed by atoms with E-state index >= 15 is 0 Å². The van der Waals surface area contributed by atoms with Crippen molar-refractivity contribution < 1.29 is 9.53 Å². The largest absolute Gasteiger partial charge is 0.494 e. The summed E-state index contributed by atoms with van der Waals surface area (Å²) in [6.07, 6.45) is 3.76. The smallest absolute Gasteiger partial charge is 0.255 e. The number of rotatable bonds is 4. The van der Waals surface area contributed by atoms with Gasteiger partial charge in [-0.15, -0.1) is 0 Å². The molecular formula is C17H17N3O2. The van der Waals surface area contributed by atoms with Crippen LogP contribution in [0.25, 0.3) is 5.65 Å². The minimum absolute atomic E-state index is 0.169. The monoisotopic (exact) mass is 295 g/mol. The van der Waals surface area contributed by atoms with Crippen LogP contribution in [0.1, 0.15) is 23.0 Å². The van der Waals surface area contributed by atoms with Crippen LogP contribution in [0, 0.1) is 6.92 Å². The molecule has 2 aromatic heterocycles. The first-order valence-electron chi connectivity index (χ1n) is 7.15.